The van der Waals surface area contributed by atoms with Crippen molar-refractivity contribution in [2.24, 2.45) is 0 Å². The molecule has 1 amide bonds. The largest absolute Gasteiger partial charge is 0.355 e. The van der Waals surface area contributed by atoms with E-state index in [4.69, 9.17) is 11.6 Å². The standard InChI is InChI=1S/C18H17ClF2N2O3S/c19-13-4-7-15(8-5-13)27(25,26)23(17-2-1-9-22-18(17)24)11-12-3-6-14(20)10-16(12)21/h3-8,10,17H,1-2,9,11H2,(H,22,24). The zero-order chi connectivity index (χ0) is 19.6. The summed E-state index contributed by atoms with van der Waals surface area (Å²) < 4.78 is 54.6. The number of piperidine rings is 1. The van der Waals surface area contributed by atoms with E-state index in [1.165, 1.54) is 30.3 Å². The molecule has 0 bridgehead atoms. The van der Waals surface area contributed by atoms with Crippen LogP contribution in [-0.2, 0) is 21.4 Å². The van der Waals surface area contributed by atoms with Gasteiger partial charge in [-0.2, -0.15) is 4.31 Å². The van der Waals surface area contributed by atoms with Crippen LogP contribution in [0.4, 0.5) is 8.78 Å². The van der Waals surface area contributed by atoms with Crippen LogP contribution in [0.15, 0.2) is 47.4 Å². The molecule has 0 aliphatic carbocycles. The number of carbonyl (C=O) groups excluding carboxylic acids is 1. The van der Waals surface area contributed by atoms with E-state index in [9.17, 15) is 22.0 Å². The number of sulfonamides is 1. The van der Waals surface area contributed by atoms with Crippen LogP contribution in [0.5, 0.6) is 0 Å². The van der Waals surface area contributed by atoms with Crippen molar-refractivity contribution < 1.29 is 22.0 Å². The maximum absolute atomic E-state index is 14.1. The van der Waals surface area contributed by atoms with Crippen molar-refractivity contribution in [3.8, 4) is 0 Å². The second kappa shape index (κ2) is 7.92. The molecular weight excluding hydrogens is 398 g/mol. The molecule has 0 spiro atoms. The van der Waals surface area contributed by atoms with Crippen molar-refractivity contribution in [1.29, 1.82) is 0 Å². The lowest BCUT2D eigenvalue weighted by Gasteiger charge is -2.32. The van der Waals surface area contributed by atoms with Gasteiger partial charge >= 0.3 is 0 Å². The lowest BCUT2D eigenvalue weighted by atomic mass is 10.1. The van der Waals surface area contributed by atoms with Crippen LogP contribution in [0.25, 0.3) is 0 Å². The number of halogens is 3. The molecule has 1 aliphatic rings. The van der Waals surface area contributed by atoms with Gasteiger partial charge in [0, 0.05) is 29.7 Å². The summed E-state index contributed by atoms with van der Waals surface area (Å²) in [5, 5.41) is 3.00. The van der Waals surface area contributed by atoms with E-state index in [2.05, 4.69) is 5.32 Å². The maximum Gasteiger partial charge on any atom is 0.244 e. The number of carbonyl (C=O) groups is 1. The fourth-order valence-corrected chi connectivity index (χ4v) is 4.68. The average Bonchev–Trinajstić information content (AvgIpc) is 2.62. The Balaban J connectivity index is 2.03. The molecule has 144 valence electrons. The maximum atomic E-state index is 14.1. The minimum absolute atomic E-state index is 0.0210. The number of nitrogens with one attached hydrogen (secondary N) is 1. The number of benzene rings is 2. The highest BCUT2D eigenvalue weighted by Gasteiger charge is 2.37. The van der Waals surface area contributed by atoms with Crippen LogP contribution in [0.2, 0.25) is 5.02 Å². The summed E-state index contributed by atoms with van der Waals surface area (Å²) in [6.45, 7) is 0.0598. The zero-order valence-electron chi connectivity index (χ0n) is 14.2. The van der Waals surface area contributed by atoms with Crippen molar-refractivity contribution >= 4 is 27.5 Å². The van der Waals surface area contributed by atoms with Crippen molar-refractivity contribution in [3.05, 3.63) is 64.7 Å². The molecule has 2 aromatic rings. The van der Waals surface area contributed by atoms with E-state index in [0.29, 0.717) is 30.5 Å². The van der Waals surface area contributed by atoms with E-state index in [1.807, 2.05) is 0 Å². The highest BCUT2D eigenvalue weighted by Crippen LogP contribution is 2.26. The van der Waals surface area contributed by atoms with Gasteiger partial charge in [0.2, 0.25) is 15.9 Å². The Hall–Kier alpha value is -2.03. The summed E-state index contributed by atoms with van der Waals surface area (Å²) in [6, 6.07) is 7.42. The van der Waals surface area contributed by atoms with E-state index >= 15 is 0 Å². The minimum Gasteiger partial charge on any atom is -0.355 e. The van der Waals surface area contributed by atoms with Crippen molar-refractivity contribution in [3.63, 3.8) is 0 Å². The lowest BCUT2D eigenvalue weighted by Crippen LogP contribution is -2.52. The molecule has 1 heterocycles. The fourth-order valence-electron chi connectivity index (χ4n) is 2.95. The smallest absolute Gasteiger partial charge is 0.244 e. The Morgan fingerprint density at radius 3 is 2.48 bits per heavy atom. The van der Waals surface area contributed by atoms with Crippen LogP contribution < -0.4 is 5.32 Å². The van der Waals surface area contributed by atoms with E-state index in [-0.39, 0.29) is 10.5 Å². The number of amides is 1. The molecule has 0 radical (unpaired) electrons. The van der Waals surface area contributed by atoms with Crippen LogP contribution >= 0.6 is 11.6 Å². The van der Waals surface area contributed by atoms with E-state index in [1.54, 1.807) is 0 Å². The fraction of sp³-hybridized carbons (Fsp3) is 0.278. The van der Waals surface area contributed by atoms with Crippen molar-refractivity contribution in [1.82, 2.24) is 9.62 Å². The minimum atomic E-state index is -4.12. The molecule has 3 rings (SSSR count). The second-order valence-corrected chi connectivity index (χ2v) is 8.52. The summed E-state index contributed by atoms with van der Waals surface area (Å²) >= 11 is 5.82. The van der Waals surface area contributed by atoms with Gasteiger partial charge < -0.3 is 5.32 Å². The monoisotopic (exact) mass is 414 g/mol. The average molecular weight is 415 g/mol. The van der Waals surface area contributed by atoms with Crippen LogP contribution in [0, 0.1) is 11.6 Å². The molecule has 1 unspecified atom stereocenters. The van der Waals surface area contributed by atoms with Crippen LogP contribution in [0.3, 0.4) is 0 Å². The molecule has 9 heteroatoms. The molecule has 1 aliphatic heterocycles. The molecule has 5 nitrogen and oxygen atoms in total. The number of hydrogen-bond donors (Lipinski definition) is 1. The van der Waals surface area contributed by atoms with Crippen LogP contribution in [0.1, 0.15) is 18.4 Å². The van der Waals surface area contributed by atoms with Gasteiger partial charge in [0.15, 0.2) is 0 Å². The van der Waals surface area contributed by atoms with E-state index < -0.39 is 40.2 Å². The zero-order valence-corrected chi connectivity index (χ0v) is 15.7. The summed E-state index contributed by atoms with van der Waals surface area (Å²) in [4.78, 5) is 12.2. The Bertz CT molecular complexity index is 952. The van der Waals surface area contributed by atoms with Gasteiger partial charge in [0.05, 0.1) is 4.90 Å². The highest BCUT2D eigenvalue weighted by atomic mass is 35.5. The molecule has 27 heavy (non-hydrogen) atoms. The Kier molecular flexibility index (Phi) is 5.78. The highest BCUT2D eigenvalue weighted by molar-refractivity contribution is 7.89. The third-order valence-electron chi connectivity index (χ3n) is 4.37. The Morgan fingerprint density at radius 2 is 1.85 bits per heavy atom. The molecule has 0 aromatic heterocycles. The van der Waals surface area contributed by atoms with Crippen molar-refractivity contribution in [2.45, 2.75) is 30.3 Å². The summed E-state index contributed by atoms with van der Waals surface area (Å²) in [6.07, 6.45) is 0.899. The predicted octanol–water partition coefficient (Wildman–Crippen LogP) is 3.09. The molecule has 0 saturated carbocycles. The second-order valence-electron chi connectivity index (χ2n) is 6.19. The third kappa shape index (κ3) is 4.28. The van der Waals surface area contributed by atoms with Crippen molar-refractivity contribution in [2.75, 3.05) is 6.54 Å². The first-order valence-corrected chi connectivity index (χ1v) is 10.1. The van der Waals surface area contributed by atoms with Gasteiger partial charge in [0.25, 0.3) is 0 Å². The van der Waals surface area contributed by atoms with Gasteiger partial charge in [-0.3, -0.25) is 4.79 Å². The molecule has 1 saturated heterocycles. The molecular formula is C18H17ClF2N2O3S. The Morgan fingerprint density at radius 1 is 1.15 bits per heavy atom. The summed E-state index contributed by atoms with van der Waals surface area (Å²) in [5.41, 5.74) is -0.0210. The van der Waals surface area contributed by atoms with Gasteiger partial charge in [0.1, 0.15) is 17.7 Å². The van der Waals surface area contributed by atoms with Gasteiger partial charge in [-0.15, -0.1) is 0 Å². The van der Waals surface area contributed by atoms with E-state index in [0.717, 1.165) is 10.4 Å². The molecule has 1 N–H and O–H groups in total. The molecule has 2 aromatic carbocycles. The van der Waals surface area contributed by atoms with Gasteiger partial charge in [-0.1, -0.05) is 17.7 Å². The predicted molar refractivity (Wildman–Crippen MR) is 96.6 cm³/mol. The summed E-state index contributed by atoms with van der Waals surface area (Å²) in [7, 11) is -4.12. The number of nitrogens with zero attached hydrogens (tertiary/aromatic N) is 1. The van der Waals surface area contributed by atoms with Crippen LogP contribution in [-0.4, -0.2) is 31.2 Å². The normalized spacial score (nSPS) is 17.8. The summed E-state index contributed by atoms with van der Waals surface area (Å²) in [5.74, 6) is -2.08. The Labute approximate surface area is 161 Å². The first-order valence-electron chi connectivity index (χ1n) is 8.28. The molecule has 1 fully saturated rings. The number of hydrogen-bond acceptors (Lipinski definition) is 3. The third-order valence-corrected chi connectivity index (χ3v) is 6.49. The topological polar surface area (TPSA) is 66.5 Å². The van der Waals surface area contributed by atoms with Gasteiger partial charge in [-0.25, -0.2) is 17.2 Å². The first kappa shape index (κ1) is 19.7. The quantitative estimate of drug-likeness (QED) is 0.817. The van der Waals surface area contributed by atoms with Gasteiger partial charge in [-0.05, 0) is 43.2 Å². The number of rotatable bonds is 5. The first-order chi connectivity index (χ1) is 12.8. The molecule has 1 atom stereocenters. The SMILES string of the molecule is O=C1NCCCC1N(Cc1ccc(F)cc1F)S(=O)(=O)c1ccc(Cl)cc1. The lowest BCUT2D eigenvalue weighted by molar-refractivity contribution is -0.126.